The van der Waals surface area contributed by atoms with E-state index in [0.717, 1.165) is 45.4 Å². The van der Waals surface area contributed by atoms with Crippen LogP contribution >= 0.6 is 0 Å². The molecule has 0 aliphatic heterocycles. The van der Waals surface area contributed by atoms with Gasteiger partial charge in [0.1, 0.15) is 0 Å². The van der Waals surface area contributed by atoms with E-state index in [1.54, 1.807) is 6.92 Å². The van der Waals surface area contributed by atoms with E-state index >= 15 is 0 Å². The summed E-state index contributed by atoms with van der Waals surface area (Å²) >= 11 is 0. The second-order valence-electron chi connectivity index (χ2n) is 4.67. The molecule has 0 aromatic rings. The second-order valence-corrected chi connectivity index (χ2v) is 4.67. The van der Waals surface area contributed by atoms with Crippen LogP contribution in [0.15, 0.2) is 0 Å². The molecule has 0 bridgehead atoms. The number of carbonyl (C=O) groups is 1. The zero-order valence-electron chi connectivity index (χ0n) is 13.9. The molecule has 0 heterocycles. The Kier molecular flexibility index (Phi) is 19.0. The maximum Gasteiger partial charge on any atom is 0.219 e. The first kappa shape index (κ1) is 20.7. The summed E-state index contributed by atoms with van der Waals surface area (Å²) < 4.78 is 0. The highest BCUT2D eigenvalue weighted by atomic mass is 16.2. The molecule has 0 saturated carbocycles. The third-order valence-electron chi connectivity index (χ3n) is 2.97. The minimum Gasteiger partial charge on any atom is -0.343 e. The van der Waals surface area contributed by atoms with Gasteiger partial charge in [-0.25, -0.2) is 0 Å². The molecule has 0 saturated heterocycles. The van der Waals surface area contributed by atoms with Crippen molar-refractivity contribution in [3.05, 3.63) is 0 Å². The summed E-state index contributed by atoms with van der Waals surface area (Å²) in [6, 6.07) is 0. The molecule has 3 nitrogen and oxygen atoms in total. The Balaban J connectivity index is -0.000000916. The zero-order valence-corrected chi connectivity index (χ0v) is 13.9. The van der Waals surface area contributed by atoms with Gasteiger partial charge in [-0.05, 0) is 38.8 Å². The Morgan fingerprint density at radius 3 is 2.00 bits per heavy atom. The molecular weight excluding hydrogens is 236 g/mol. The van der Waals surface area contributed by atoms with E-state index in [0.29, 0.717) is 0 Å². The number of carbonyl (C=O) groups excluding carboxylic acids is 1. The average molecular weight is 274 g/mol. The van der Waals surface area contributed by atoms with E-state index in [-0.39, 0.29) is 7.33 Å². The van der Waals surface area contributed by atoms with Gasteiger partial charge in [0, 0.05) is 21.4 Å². The first-order valence-electron chi connectivity index (χ1n) is 8.18. The monoisotopic (exact) mass is 274 g/mol. The summed E-state index contributed by atoms with van der Waals surface area (Å²) in [5, 5.41) is 3.43. The molecule has 118 valence electrons. The lowest BCUT2D eigenvalue weighted by molar-refractivity contribution is -0.129. The first-order chi connectivity index (χ1) is 9.22. The van der Waals surface area contributed by atoms with E-state index in [2.05, 4.69) is 19.2 Å². The van der Waals surface area contributed by atoms with Gasteiger partial charge < -0.3 is 10.2 Å². The predicted octanol–water partition coefficient (Wildman–Crippen LogP) is 4.08. The van der Waals surface area contributed by atoms with Crippen molar-refractivity contribution < 1.29 is 6.22 Å². The standard InChI is InChI=1S/C14H30N2O.C2H6.H2/c1-4-6-10-15-11-8-9-13-16(14(3)17)12-7-5-2;1-2;/h15H,4-13H2,1-3H3;1-2H3;1H. The van der Waals surface area contributed by atoms with Gasteiger partial charge in [0.05, 0.1) is 0 Å². The van der Waals surface area contributed by atoms with E-state index < -0.39 is 0 Å². The van der Waals surface area contributed by atoms with Crippen LogP contribution in [0.3, 0.4) is 0 Å². The molecule has 19 heavy (non-hydrogen) atoms. The molecular formula is C16H38N2O. The summed E-state index contributed by atoms with van der Waals surface area (Å²) in [5.41, 5.74) is 0. The van der Waals surface area contributed by atoms with E-state index in [1.165, 1.54) is 19.3 Å². The smallest absolute Gasteiger partial charge is 0.219 e. The zero-order chi connectivity index (χ0) is 14.9. The Morgan fingerprint density at radius 2 is 1.47 bits per heavy atom. The molecule has 0 spiro atoms. The highest BCUT2D eigenvalue weighted by molar-refractivity contribution is 5.73. The summed E-state index contributed by atoms with van der Waals surface area (Å²) in [5.74, 6) is 0.220. The molecule has 0 rings (SSSR count). The first-order valence-corrected chi connectivity index (χ1v) is 8.18. The molecule has 0 atom stereocenters. The van der Waals surface area contributed by atoms with Crippen LogP contribution in [0.4, 0.5) is 0 Å². The van der Waals surface area contributed by atoms with Crippen LogP contribution in [0.25, 0.3) is 0 Å². The maximum atomic E-state index is 11.4. The number of rotatable bonds is 11. The van der Waals surface area contributed by atoms with Crippen LogP contribution in [-0.2, 0) is 4.79 Å². The number of amides is 1. The van der Waals surface area contributed by atoms with Crippen molar-refractivity contribution in [1.29, 1.82) is 0 Å². The van der Waals surface area contributed by atoms with Crippen molar-refractivity contribution >= 4 is 5.91 Å². The van der Waals surface area contributed by atoms with Gasteiger partial charge in [0.25, 0.3) is 0 Å². The van der Waals surface area contributed by atoms with Gasteiger partial charge >= 0.3 is 0 Å². The average Bonchev–Trinajstić information content (AvgIpc) is 2.43. The van der Waals surface area contributed by atoms with Crippen LogP contribution < -0.4 is 5.32 Å². The molecule has 3 heteroatoms. The lowest BCUT2D eigenvalue weighted by Crippen LogP contribution is -2.31. The van der Waals surface area contributed by atoms with Crippen LogP contribution in [0.2, 0.25) is 0 Å². The number of hydrogen-bond donors (Lipinski definition) is 1. The van der Waals surface area contributed by atoms with E-state index in [1.807, 2.05) is 18.7 Å². The van der Waals surface area contributed by atoms with Gasteiger partial charge in [0.2, 0.25) is 5.91 Å². The Labute approximate surface area is 122 Å². The maximum absolute atomic E-state index is 11.4. The summed E-state index contributed by atoms with van der Waals surface area (Å²) in [7, 11) is 0. The molecule has 0 aliphatic carbocycles. The molecule has 0 unspecified atom stereocenters. The van der Waals surface area contributed by atoms with Gasteiger partial charge in [-0.3, -0.25) is 4.79 Å². The molecule has 1 N–H and O–H groups in total. The molecule has 0 aliphatic rings. The van der Waals surface area contributed by atoms with Crippen molar-refractivity contribution in [3.8, 4) is 0 Å². The van der Waals surface area contributed by atoms with Crippen molar-refractivity contribution in [2.24, 2.45) is 0 Å². The van der Waals surface area contributed by atoms with E-state index in [4.69, 9.17) is 0 Å². The lowest BCUT2D eigenvalue weighted by Gasteiger charge is -2.20. The van der Waals surface area contributed by atoms with Gasteiger partial charge in [-0.1, -0.05) is 40.5 Å². The quantitative estimate of drug-likeness (QED) is 0.576. The largest absolute Gasteiger partial charge is 0.343 e. The van der Waals surface area contributed by atoms with Crippen molar-refractivity contribution in [3.63, 3.8) is 0 Å². The fourth-order valence-corrected chi connectivity index (χ4v) is 1.76. The van der Waals surface area contributed by atoms with Crippen molar-refractivity contribution in [2.75, 3.05) is 26.2 Å². The molecule has 1 amide bonds. The SMILES string of the molecule is CC.CCCCNCCCCN(CCCC)C(C)=O.[HH]. The van der Waals surface area contributed by atoms with Gasteiger partial charge in [0.15, 0.2) is 0 Å². The fraction of sp³-hybridized carbons (Fsp3) is 0.938. The number of unbranched alkanes of at least 4 members (excludes halogenated alkanes) is 3. The Bertz CT molecular complexity index is 189. The molecule has 0 aromatic carbocycles. The Hall–Kier alpha value is -0.570. The van der Waals surface area contributed by atoms with Crippen molar-refractivity contribution in [1.82, 2.24) is 10.2 Å². The van der Waals surface area contributed by atoms with Crippen LogP contribution in [0.5, 0.6) is 0 Å². The summed E-state index contributed by atoms with van der Waals surface area (Å²) in [6.07, 6.45) is 7.07. The van der Waals surface area contributed by atoms with Gasteiger partial charge in [-0.15, -0.1) is 0 Å². The normalized spacial score (nSPS) is 9.74. The summed E-state index contributed by atoms with van der Waals surface area (Å²) in [6.45, 7) is 14.1. The highest BCUT2D eigenvalue weighted by Crippen LogP contribution is 1.99. The molecule has 0 radical (unpaired) electrons. The fourth-order valence-electron chi connectivity index (χ4n) is 1.76. The second kappa shape index (κ2) is 17.4. The number of hydrogen-bond acceptors (Lipinski definition) is 2. The Morgan fingerprint density at radius 1 is 0.947 bits per heavy atom. The molecule has 0 fully saturated rings. The number of nitrogens with zero attached hydrogens (tertiary/aromatic N) is 1. The van der Waals surface area contributed by atoms with Gasteiger partial charge in [-0.2, -0.15) is 0 Å². The minimum absolute atomic E-state index is 0. The predicted molar refractivity (Wildman–Crippen MR) is 87.6 cm³/mol. The molecule has 0 aromatic heterocycles. The van der Waals surface area contributed by atoms with Crippen LogP contribution in [0.1, 0.15) is 74.6 Å². The third kappa shape index (κ3) is 15.4. The highest BCUT2D eigenvalue weighted by Gasteiger charge is 2.06. The lowest BCUT2D eigenvalue weighted by atomic mass is 10.2. The van der Waals surface area contributed by atoms with Crippen LogP contribution in [-0.4, -0.2) is 37.0 Å². The van der Waals surface area contributed by atoms with E-state index in [9.17, 15) is 4.79 Å². The third-order valence-corrected chi connectivity index (χ3v) is 2.97. The van der Waals surface area contributed by atoms with Crippen LogP contribution in [0, 0.1) is 0 Å². The topological polar surface area (TPSA) is 32.3 Å². The number of nitrogens with one attached hydrogen (secondary N) is 1. The van der Waals surface area contributed by atoms with Crippen molar-refractivity contribution in [2.45, 2.75) is 73.1 Å². The minimum atomic E-state index is 0. The summed E-state index contributed by atoms with van der Waals surface area (Å²) in [4.78, 5) is 13.3.